The van der Waals surface area contributed by atoms with Crippen LogP contribution in [0.4, 0.5) is 4.39 Å². The van der Waals surface area contributed by atoms with Gasteiger partial charge in [-0.2, -0.15) is 0 Å². The van der Waals surface area contributed by atoms with Crippen LogP contribution in [-0.2, 0) is 0 Å². The molecule has 0 saturated carbocycles. The van der Waals surface area contributed by atoms with Crippen molar-refractivity contribution in [1.29, 1.82) is 0 Å². The zero-order valence-corrected chi connectivity index (χ0v) is 10.4. The lowest BCUT2D eigenvalue weighted by atomic mass is 10.00. The third-order valence-corrected chi connectivity index (χ3v) is 2.77. The van der Waals surface area contributed by atoms with Crippen molar-refractivity contribution in [2.24, 2.45) is 0 Å². The van der Waals surface area contributed by atoms with Gasteiger partial charge in [-0.15, -0.1) is 0 Å². The zero-order valence-electron chi connectivity index (χ0n) is 10.4. The number of aryl methyl sites for hydroxylation is 1. The Morgan fingerprint density at radius 3 is 2.56 bits per heavy atom. The Hall–Kier alpha value is -2.03. The van der Waals surface area contributed by atoms with Crippen molar-refractivity contribution in [2.75, 3.05) is 6.61 Å². The maximum Gasteiger partial charge on any atom is 0.164 e. The average molecular weight is 246 g/mol. The van der Waals surface area contributed by atoms with Gasteiger partial charge in [0.15, 0.2) is 11.6 Å². The SMILES string of the molecule is CCOc1ccc(-c2ccc(F)c(O)c2)c(C)c1. The van der Waals surface area contributed by atoms with Crippen LogP contribution in [0.3, 0.4) is 0 Å². The molecule has 94 valence electrons. The Kier molecular flexibility index (Phi) is 3.51. The Morgan fingerprint density at radius 1 is 1.17 bits per heavy atom. The van der Waals surface area contributed by atoms with Crippen LogP contribution in [-0.4, -0.2) is 11.7 Å². The maximum atomic E-state index is 13.0. The number of hydrogen-bond acceptors (Lipinski definition) is 2. The van der Waals surface area contributed by atoms with Crippen molar-refractivity contribution in [2.45, 2.75) is 13.8 Å². The first-order chi connectivity index (χ1) is 8.61. The standard InChI is InChI=1S/C15H15FO2/c1-3-18-12-5-6-13(10(2)8-12)11-4-7-14(16)15(17)9-11/h4-9,17H,3H2,1-2H3. The quantitative estimate of drug-likeness (QED) is 0.889. The van der Waals surface area contributed by atoms with Gasteiger partial charge in [-0.25, -0.2) is 4.39 Å². The molecule has 0 bridgehead atoms. The summed E-state index contributed by atoms with van der Waals surface area (Å²) in [7, 11) is 0. The first-order valence-corrected chi connectivity index (χ1v) is 5.84. The predicted molar refractivity (Wildman–Crippen MR) is 69.4 cm³/mol. The highest BCUT2D eigenvalue weighted by Crippen LogP contribution is 2.30. The van der Waals surface area contributed by atoms with Gasteiger partial charge in [-0.1, -0.05) is 12.1 Å². The number of phenols is 1. The smallest absolute Gasteiger partial charge is 0.164 e. The Bertz CT molecular complexity index is 564. The second-order valence-electron chi connectivity index (χ2n) is 4.08. The van der Waals surface area contributed by atoms with Gasteiger partial charge in [-0.05, 0) is 54.8 Å². The molecule has 0 radical (unpaired) electrons. The lowest BCUT2D eigenvalue weighted by Crippen LogP contribution is -1.92. The molecule has 0 aromatic heterocycles. The highest BCUT2D eigenvalue weighted by atomic mass is 19.1. The Balaban J connectivity index is 2.41. The van der Waals surface area contributed by atoms with Crippen molar-refractivity contribution in [3.63, 3.8) is 0 Å². The Labute approximate surface area is 106 Å². The summed E-state index contributed by atoms with van der Waals surface area (Å²) < 4.78 is 18.4. The van der Waals surface area contributed by atoms with E-state index in [4.69, 9.17) is 4.74 Å². The first kappa shape index (κ1) is 12.4. The van der Waals surface area contributed by atoms with Gasteiger partial charge in [0.1, 0.15) is 5.75 Å². The van der Waals surface area contributed by atoms with E-state index in [-0.39, 0.29) is 5.75 Å². The van der Waals surface area contributed by atoms with E-state index in [1.807, 2.05) is 32.0 Å². The molecule has 1 N–H and O–H groups in total. The number of hydrogen-bond donors (Lipinski definition) is 1. The molecular weight excluding hydrogens is 231 g/mol. The zero-order chi connectivity index (χ0) is 13.1. The topological polar surface area (TPSA) is 29.5 Å². The molecule has 0 aliphatic heterocycles. The predicted octanol–water partition coefficient (Wildman–Crippen LogP) is 3.91. The summed E-state index contributed by atoms with van der Waals surface area (Å²) in [5.74, 6) is -0.131. The normalized spacial score (nSPS) is 10.4. The molecule has 18 heavy (non-hydrogen) atoms. The van der Waals surface area contributed by atoms with Crippen molar-refractivity contribution in [3.8, 4) is 22.6 Å². The van der Waals surface area contributed by atoms with Gasteiger partial charge in [0.25, 0.3) is 0 Å². The van der Waals surface area contributed by atoms with E-state index in [1.54, 1.807) is 6.07 Å². The van der Waals surface area contributed by atoms with E-state index in [1.165, 1.54) is 12.1 Å². The lowest BCUT2D eigenvalue weighted by molar-refractivity contribution is 0.340. The van der Waals surface area contributed by atoms with Crippen LogP contribution in [0.25, 0.3) is 11.1 Å². The molecule has 2 aromatic carbocycles. The van der Waals surface area contributed by atoms with Crippen molar-refractivity contribution < 1.29 is 14.2 Å². The van der Waals surface area contributed by atoms with Crippen LogP contribution in [0.15, 0.2) is 36.4 Å². The largest absolute Gasteiger partial charge is 0.505 e. The van der Waals surface area contributed by atoms with Crippen LogP contribution >= 0.6 is 0 Å². The molecule has 3 heteroatoms. The molecule has 0 atom stereocenters. The van der Waals surface area contributed by atoms with Crippen LogP contribution in [0.1, 0.15) is 12.5 Å². The van der Waals surface area contributed by atoms with Crippen LogP contribution in [0.5, 0.6) is 11.5 Å². The summed E-state index contributed by atoms with van der Waals surface area (Å²) in [4.78, 5) is 0. The van der Waals surface area contributed by atoms with Crippen molar-refractivity contribution >= 4 is 0 Å². The van der Waals surface area contributed by atoms with E-state index in [2.05, 4.69) is 0 Å². The fraction of sp³-hybridized carbons (Fsp3) is 0.200. The second kappa shape index (κ2) is 5.08. The van der Waals surface area contributed by atoms with Crippen LogP contribution in [0, 0.1) is 12.7 Å². The molecule has 0 aliphatic rings. The molecule has 0 unspecified atom stereocenters. The molecular formula is C15H15FO2. The summed E-state index contributed by atoms with van der Waals surface area (Å²) in [6.45, 7) is 4.51. The molecule has 0 spiro atoms. The van der Waals surface area contributed by atoms with Crippen molar-refractivity contribution in [1.82, 2.24) is 0 Å². The summed E-state index contributed by atoms with van der Waals surface area (Å²) in [5.41, 5.74) is 2.76. The van der Waals surface area contributed by atoms with Gasteiger partial charge in [0, 0.05) is 0 Å². The number of aromatic hydroxyl groups is 1. The number of halogens is 1. The van der Waals surface area contributed by atoms with E-state index in [9.17, 15) is 9.50 Å². The summed E-state index contributed by atoms with van der Waals surface area (Å²) in [6.07, 6.45) is 0. The fourth-order valence-electron chi connectivity index (χ4n) is 1.90. The van der Waals surface area contributed by atoms with Crippen LogP contribution < -0.4 is 4.74 Å². The van der Waals surface area contributed by atoms with Gasteiger partial charge in [-0.3, -0.25) is 0 Å². The number of ether oxygens (including phenoxy) is 1. The number of rotatable bonds is 3. The summed E-state index contributed by atoms with van der Waals surface area (Å²) >= 11 is 0. The highest BCUT2D eigenvalue weighted by Gasteiger charge is 2.07. The minimum Gasteiger partial charge on any atom is -0.505 e. The Morgan fingerprint density at radius 2 is 1.94 bits per heavy atom. The molecule has 0 heterocycles. The van der Waals surface area contributed by atoms with Gasteiger partial charge in [0.2, 0.25) is 0 Å². The number of benzene rings is 2. The second-order valence-corrected chi connectivity index (χ2v) is 4.08. The van der Waals surface area contributed by atoms with Gasteiger partial charge < -0.3 is 9.84 Å². The molecule has 0 aliphatic carbocycles. The first-order valence-electron chi connectivity index (χ1n) is 5.84. The monoisotopic (exact) mass is 246 g/mol. The highest BCUT2D eigenvalue weighted by molar-refractivity contribution is 5.69. The minimum atomic E-state index is -0.609. The van der Waals surface area contributed by atoms with E-state index in [0.29, 0.717) is 6.61 Å². The molecule has 0 amide bonds. The third-order valence-electron chi connectivity index (χ3n) is 2.77. The van der Waals surface area contributed by atoms with E-state index in [0.717, 1.165) is 22.4 Å². The minimum absolute atomic E-state index is 0.333. The lowest BCUT2D eigenvalue weighted by Gasteiger charge is -2.10. The summed E-state index contributed by atoms with van der Waals surface area (Å²) in [6, 6.07) is 10.1. The molecule has 2 rings (SSSR count). The average Bonchev–Trinajstić information content (AvgIpc) is 2.34. The molecule has 0 saturated heterocycles. The third kappa shape index (κ3) is 2.45. The molecule has 0 fully saturated rings. The fourth-order valence-corrected chi connectivity index (χ4v) is 1.90. The molecule has 2 aromatic rings. The number of phenolic OH excluding ortho intramolecular Hbond substituents is 1. The van der Waals surface area contributed by atoms with E-state index >= 15 is 0 Å². The van der Waals surface area contributed by atoms with Crippen LogP contribution in [0.2, 0.25) is 0 Å². The summed E-state index contributed by atoms with van der Waals surface area (Å²) in [5, 5.41) is 9.39. The van der Waals surface area contributed by atoms with Crippen molar-refractivity contribution in [3.05, 3.63) is 47.8 Å². The molecule has 2 nitrogen and oxygen atoms in total. The van der Waals surface area contributed by atoms with Gasteiger partial charge in [0.05, 0.1) is 6.61 Å². The maximum absolute atomic E-state index is 13.0. The van der Waals surface area contributed by atoms with Gasteiger partial charge >= 0.3 is 0 Å². The van der Waals surface area contributed by atoms with E-state index < -0.39 is 5.82 Å².